The van der Waals surface area contributed by atoms with Gasteiger partial charge in [0.2, 0.25) is 0 Å². The molecule has 0 bridgehead atoms. The smallest absolute Gasteiger partial charge is 0.260 e. The lowest BCUT2D eigenvalue weighted by molar-refractivity contribution is -0.135. The maximum absolute atomic E-state index is 12.3. The second-order valence-electron chi connectivity index (χ2n) is 6.01. The fourth-order valence-electron chi connectivity index (χ4n) is 2.85. The van der Waals surface area contributed by atoms with Crippen LogP contribution in [-0.4, -0.2) is 46.3 Å². The Hall–Kier alpha value is -1.56. The number of piperidine rings is 1. The molecule has 6 nitrogen and oxygen atoms in total. The van der Waals surface area contributed by atoms with Gasteiger partial charge in [0.25, 0.3) is 5.91 Å². The van der Waals surface area contributed by atoms with Crippen molar-refractivity contribution in [1.82, 2.24) is 14.7 Å². The number of rotatable bonds is 4. The Balaban J connectivity index is 1.92. The Bertz CT molecular complexity index is 510. The number of ether oxygens (including phenoxy) is 1. The number of nitrogens with zero attached hydrogens (tertiary/aromatic N) is 3. The minimum absolute atomic E-state index is 0.0306. The molecular formula is C15H26N4O2. The molecule has 2 N–H and O–H groups in total. The van der Waals surface area contributed by atoms with Crippen molar-refractivity contribution in [2.45, 2.75) is 39.7 Å². The summed E-state index contributed by atoms with van der Waals surface area (Å²) in [5, 5.41) is 4.29. The number of aromatic nitrogens is 2. The molecule has 0 aliphatic carbocycles. The molecule has 2 heterocycles. The molecule has 2 atom stereocenters. The van der Waals surface area contributed by atoms with Gasteiger partial charge >= 0.3 is 0 Å². The van der Waals surface area contributed by atoms with Gasteiger partial charge in [0.15, 0.2) is 12.4 Å². The van der Waals surface area contributed by atoms with Crippen molar-refractivity contribution in [3.63, 3.8) is 0 Å². The summed E-state index contributed by atoms with van der Waals surface area (Å²) in [5.74, 6) is 1.14. The van der Waals surface area contributed by atoms with Gasteiger partial charge in [-0.2, -0.15) is 5.10 Å². The normalized spacial score (nSPS) is 20.4. The van der Waals surface area contributed by atoms with Crippen LogP contribution >= 0.6 is 0 Å². The summed E-state index contributed by atoms with van der Waals surface area (Å²) >= 11 is 0. The SMILES string of the molecule is Cc1nn(C)c(C)c1OCC(=O)N1CCC[C@@H]([C@H](C)N)C1. The summed E-state index contributed by atoms with van der Waals surface area (Å²) in [6.45, 7) is 7.45. The van der Waals surface area contributed by atoms with Crippen LogP contribution in [0, 0.1) is 19.8 Å². The quantitative estimate of drug-likeness (QED) is 0.899. The van der Waals surface area contributed by atoms with E-state index in [1.54, 1.807) is 4.68 Å². The van der Waals surface area contributed by atoms with E-state index in [1.165, 1.54) is 0 Å². The van der Waals surface area contributed by atoms with E-state index in [4.69, 9.17) is 10.5 Å². The Morgan fingerprint density at radius 3 is 2.81 bits per heavy atom. The fourth-order valence-corrected chi connectivity index (χ4v) is 2.85. The van der Waals surface area contributed by atoms with Gasteiger partial charge in [0, 0.05) is 26.2 Å². The van der Waals surface area contributed by atoms with Gasteiger partial charge in [-0.3, -0.25) is 9.48 Å². The molecule has 0 radical (unpaired) electrons. The summed E-state index contributed by atoms with van der Waals surface area (Å²) < 4.78 is 7.46. The number of hydrogen-bond acceptors (Lipinski definition) is 4. The van der Waals surface area contributed by atoms with E-state index in [0.717, 1.165) is 37.3 Å². The lowest BCUT2D eigenvalue weighted by atomic mass is 9.92. The van der Waals surface area contributed by atoms with Crippen molar-refractivity contribution >= 4 is 5.91 Å². The number of carbonyl (C=O) groups is 1. The van der Waals surface area contributed by atoms with Gasteiger partial charge < -0.3 is 15.4 Å². The Morgan fingerprint density at radius 1 is 1.52 bits per heavy atom. The minimum Gasteiger partial charge on any atom is -0.480 e. The van der Waals surface area contributed by atoms with Crippen LogP contribution in [0.2, 0.25) is 0 Å². The molecule has 0 spiro atoms. The molecule has 1 aliphatic heterocycles. The molecule has 1 saturated heterocycles. The summed E-state index contributed by atoms with van der Waals surface area (Å²) in [4.78, 5) is 14.2. The molecule has 0 unspecified atom stereocenters. The highest BCUT2D eigenvalue weighted by Gasteiger charge is 2.26. The second-order valence-corrected chi connectivity index (χ2v) is 6.01. The van der Waals surface area contributed by atoms with Crippen LogP contribution in [0.1, 0.15) is 31.2 Å². The summed E-state index contributed by atoms with van der Waals surface area (Å²) in [5.41, 5.74) is 7.71. The standard InChI is InChI=1S/C15H26N4O2/c1-10(16)13-6-5-7-19(8-13)14(20)9-21-15-11(2)17-18(4)12(15)3/h10,13H,5-9,16H2,1-4H3/t10-,13+/m0/s1. The highest BCUT2D eigenvalue weighted by Crippen LogP contribution is 2.22. The van der Waals surface area contributed by atoms with Crippen LogP contribution in [0.25, 0.3) is 0 Å². The van der Waals surface area contributed by atoms with E-state index in [2.05, 4.69) is 5.10 Å². The molecule has 0 saturated carbocycles. The number of nitrogens with two attached hydrogens (primary N) is 1. The Kier molecular flexibility index (Phi) is 4.88. The average molecular weight is 294 g/mol. The van der Waals surface area contributed by atoms with Gasteiger partial charge in [-0.15, -0.1) is 0 Å². The minimum atomic E-state index is 0.0306. The zero-order chi connectivity index (χ0) is 15.6. The predicted molar refractivity (Wildman–Crippen MR) is 81.1 cm³/mol. The monoisotopic (exact) mass is 294 g/mol. The van der Waals surface area contributed by atoms with E-state index in [1.807, 2.05) is 32.7 Å². The van der Waals surface area contributed by atoms with Crippen LogP contribution in [0.3, 0.4) is 0 Å². The first kappa shape index (κ1) is 15.8. The Morgan fingerprint density at radius 2 is 2.24 bits per heavy atom. The summed E-state index contributed by atoms with van der Waals surface area (Å²) in [7, 11) is 1.87. The van der Waals surface area contributed by atoms with Crippen molar-refractivity contribution < 1.29 is 9.53 Å². The maximum atomic E-state index is 12.3. The van der Waals surface area contributed by atoms with Crippen molar-refractivity contribution in [1.29, 1.82) is 0 Å². The maximum Gasteiger partial charge on any atom is 0.260 e. The lowest BCUT2D eigenvalue weighted by Crippen LogP contribution is -2.46. The van der Waals surface area contributed by atoms with E-state index < -0.39 is 0 Å². The van der Waals surface area contributed by atoms with Gasteiger partial charge in [-0.1, -0.05) is 0 Å². The van der Waals surface area contributed by atoms with Gasteiger partial charge in [-0.05, 0) is 39.5 Å². The first-order valence-corrected chi connectivity index (χ1v) is 7.56. The van der Waals surface area contributed by atoms with Crippen molar-refractivity contribution in [2.75, 3.05) is 19.7 Å². The highest BCUT2D eigenvalue weighted by atomic mass is 16.5. The van der Waals surface area contributed by atoms with Crippen molar-refractivity contribution in [2.24, 2.45) is 18.7 Å². The third kappa shape index (κ3) is 3.56. The van der Waals surface area contributed by atoms with Crippen molar-refractivity contribution in [3.8, 4) is 5.75 Å². The number of hydrogen-bond donors (Lipinski definition) is 1. The van der Waals surface area contributed by atoms with Crippen molar-refractivity contribution in [3.05, 3.63) is 11.4 Å². The summed E-state index contributed by atoms with van der Waals surface area (Å²) in [6, 6.07) is 0.129. The fraction of sp³-hybridized carbons (Fsp3) is 0.733. The van der Waals surface area contributed by atoms with Crippen LogP contribution in [-0.2, 0) is 11.8 Å². The molecule has 6 heteroatoms. The van der Waals surface area contributed by atoms with Gasteiger partial charge in [0.1, 0.15) is 5.69 Å². The van der Waals surface area contributed by atoms with E-state index >= 15 is 0 Å². The molecule has 1 amide bonds. The van der Waals surface area contributed by atoms with Gasteiger partial charge in [0.05, 0.1) is 5.69 Å². The van der Waals surface area contributed by atoms with Crippen LogP contribution < -0.4 is 10.5 Å². The molecule has 118 valence electrons. The molecule has 1 aliphatic rings. The zero-order valence-corrected chi connectivity index (χ0v) is 13.4. The highest BCUT2D eigenvalue weighted by molar-refractivity contribution is 5.78. The predicted octanol–water partition coefficient (Wildman–Crippen LogP) is 1.00. The number of aryl methyl sites for hydroxylation is 2. The third-order valence-electron chi connectivity index (χ3n) is 4.34. The van der Waals surface area contributed by atoms with Crippen LogP contribution in [0.5, 0.6) is 5.75 Å². The summed E-state index contributed by atoms with van der Waals surface area (Å²) in [6.07, 6.45) is 2.12. The molecule has 1 aromatic rings. The first-order chi connectivity index (χ1) is 9.90. The van der Waals surface area contributed by atoms with Gasteiger partial charge in [-0.25, -0.2) is 0 Å². The van der Waals surface area contributed by atoms with Crippen LogP contribution in [0.15, 0.2) is 0 Å². The molecule has 1 fully saturated rings. The zero-order valence-electron chi connectivity index (χ0n) is 13.4. The van der Waals surface area contributed by atoms with Crippen LogP contribution in [0.4, 0.5) is 0 Å². The largest absolute Gasteiger partial charge is 0.480 e. The van der Waals surface area contributed by atoms with E-state index in [-0.39, 0.29) is 18.6 Å². The molecule has 2 rings (SSSR count). The number of likely N-dealkylation sites (tertiary alicyclic amines) is 1. The molecule has 21 heavy (non-hydrogen) atoms. The average Bonchev–Trinajstić information content (AvgIpc) is 2.70. The van der Waals surface area contributed by atoms with E-state index in [9.17, 15) is 4.79 Å². The molecule has 1 aromatic heterocycles. The third-order valence-corrected chi connectivity index (χ3v) is 4.34. The second kappa shape index (κ2) is 6.47. The number of amides is 1. The topological polar surface area (TPSA) is 73.4 Å². The van der Waals surface area contributed by atoms with E-state index in [0.29, 0.717) is 11.7 Å². The molecule has 0 aromatic carbocycles. The lowest BCUT2D eigenvalue weighted by Gasteiger charge is -2.34. The molecular weight excluding hydrogens is 268 g/mol. The first-order valence-electron chi connectivity index (χ1n) is 7.56. The Labute approximate surface area is 126 Å². The number of carbonyl (C=O) groups excluding carboxylic acids is 1.